The third-order valence-corrected chi connectivity index (χ3v) is 9.36. The van der Waals surface area contributed by atoms with Crippen molar-refractivity contribution in [1.82, 2.24) is 16.0 Å². The van der Waals surface area contributed by atoms with Crippen molar-refractivity contribution in [3.05, 3.63) is 0 Å². The number of carbonyl (C=O) groups is 5. The topological polar surface area (TPSA) is 169 Å². The molecule has 1 aliphatic rings. The first-order chi connectivity index (χ1) is 19.0. The third-order valence-electron chi connectivity index (χ3n) is 6.79. The van der Waals surface area contributed by atoms with Gasteiger partial charge in [-0.05, 0) is 37.8 Å². The molecule has 0 aromatic rings. The molecule has 11 nitrogen and oxygen atoms in total. The highest BCUT2D eigenvalue weighted by Crippen LogP contribution is 2.25. The quantitative estimate of drug-likeness (QED) is 0.0994. The van der Waals surface area contributed by atoms with E-state index in [2.05, 4.69) is 27.7 Å². The van der Waals surface area contributed by atoms with Gasteiger partial charge in [-0.3, -0.25) is 24.0 Å². The van der Waals surface area contributed by atoms with Crippen molar-refractivity contribution >= 4 is 57.8 Å². The zero-order chi connectivity index (χ0) is 30.1. The smallest absolute Gasteiger partial charge is 0.267 e. The van der Waals surface area contributed by atoms with Crippen molar-refractivity contribution in [2.45, 2.75) is 96.7 Å². The van der Waals surface area contributed by atoms with E-state index in [1.165, 1.54) is 0 Å². The Bertz CT molecular complexity index is 866. The molecule has 0 aromatic heterocycles. The van der Waals surface area contributed by atoms with Gasteiger partial charge in [-0.1, -0.05) is 55.7 Å². The minimum atomic E-state index is -1.18. The lowest BCUT2D eigenvalue weighted by atomic mass is 9.87. The molecule has 40 heavy (non-hydrogen) atoms. The summed E-state index contributed by atoms with van der Waals surface area (Å²) in [6.07, 6.45) is 3.57. The standard InChI is InChI=1S/C27H47N5O6S2/c1-6-19(4)23(25(36)29-5)31-24(35)20(17-18(2)3)30-26(37)27(11-13-38-14-12-27)32-22(34)10-8-16-40-39-15-7-9-21(28)33/h18-20,23H,5-17H2,1-4H3,(H2,28,33)(H,30,37)(H,31,35)(H,32,34)/t19-,20-,23-/m0/s1. The van der Waals surface area contributed by atoms with E-state index in [4.69, 9.17) is 10.5 Å². The van der Waals surface area contributed by atoms with Gasteiger partial charge in [0.25, 0.3) is 5.91 Å². The largest absolute Gasteiger partial charge is 0.381 e. The van der Waals surface area contributed by atoms with Crippen LogP contribution in [0, 0.1) is 11.8 Å². The van der Waals surface area contributed by atoms with Gasteiger partial charge in [0.15, 0.2) is 0 Å². The van der Waals surface area contributed by atoms with Crippen LogP contribution in [0.25, 0.3) is 0 Å². The zero-order valence-electron chi connectivity index (χ0n) is 24.3. The molecule has 1 fully saturated rings. The minimum absolute atomic E-state index is 0.0812. The summed E-state index contributed by atoms with van der Waals surface area (Å²) in [5.74, 6) is -0.481. The number of aliphatic imine (C=N–C) groups is 1. The number of carbonyl (C=O) groups excluding carboxylic acids is 5. The summed E-state index contributed by atoms with van der Waals surface area (Å²) in [5.41, 5.74) is 3.95. The number of rotatable bonds is 19. The first-order valence-corrected chi connectivity index (χ1v) is 16.5. The fourth-order valence-corrected chi connectivity index (χ4v) is 6.38. The second-order valence-corrected chi connectivity index (χ2v) is 13.3. The predicted octanol–water partition coefficient (Wildman–Crippen LogP) is 2.37. The average molecular weight is 602 g/mol. The number of primary amides is 1. The molecular formula is C27H47N5O6S2. The lowest BCUT2D eigenvalue weighted by Gasteiger charge is -2.38. The van der Waals surface area contributed by atoms with Crippen LogP contribution in [0.3, 0.4) is 0 Å². The Balaban J connectivity index is 2.82. The van der Waals surface area contributed by atoms with Crippen LogP contribution in [0.4, 0.5) is 0 Å². The summed E-state index contributed by atoms with van der Waals surface area (Å²) in [7, 11) is 3.27. The lowest BCUT2D eigenvalue weighted by molar-refractivity contribution is -0.140. The van der Waals surface area contributed by atoms with E-state index in [9.17, 15) is 24.0 Å². The molecule has 13 heteroatoms. The van der Waals surface area contributed by atoms with Gasteiger partial charge in [-0.2, -0.15) is 0 Å². The Hall–Kier alpha value is -2.12. The van der Waals surface area contributed by atoms with Crippen LogP contribution in [0.2, 0.25) is 0 Å². The van der Waals surface area contributed by atoms with Gasteiger partial charge in [0.05, 0.1) is 0 Å². The van der Waals surface area contributed by atoms with Crippen molar-refractivity contribution in [2.24, 2.45) is 22.6 Å². The minimum Gasteiger partial charge on any atom is -0.381 e. The molecule has 0 spiro atoms. The van der Waals surface area contributed by atoms with Gasteiger partial charge < -0.3 is 26.4 Å². The highest BCUT2D eigenvalue weighted by atomic mass is 33.1. The molecule has 228 valence electrons. The summed E-state index contributed by atoms with van der Waals surface area (Å²) in [5, 5.41) is 8.58. The van der Waals surface area contributed by atoms with Crippen molar-refractivity contribution in [2.75, 3.05) is 24.7 Å². The average Bonchev–Trinajstić information content (AvgIpc) is 2.91. The van der Waals surface area contributed by atoms with Crippen molar-refractivity contribution in [1.29, 1.82) is 0 Å². The van der Waals surface area contributed by atoms with Crippen LogP contribution in [-0.4, -0.2) is 78.6 Å². The summed E-state index contributed by atoms with van der Waals surface area (Å²) in [4.78, 5) is 66.4. The van der Waals surface area contributed by atoms with Gasteiger partial charge in [-0.15, -0.1) is 0 Å². The molecule has 5 N–H and O–H groups in total. The highest BCUT2D eigenvalue weighted by molar-refractivity contribution is 8.76. The molecule has 0 saturated carbocycles. The van der Waals surface area contributed by atoms with Crippen LogP contribution >= 0.6 is 21.6 Å². The normalized spacial score (nSPS) is 16.8. The monoisotopic (exact) mass is 601 g/mol. The van der Waals surface area contributed by atoms with Gasteiger partial charge >= 0.3 is 0 Å². The number of nitrogens with two attached hydrogens (primary N) is 1. The molecule has 0 bridgehead atoms. The van der Waals surface area contributed by atoms with Crippen molar-refractivity contribution in [3.8, 4) is 0 Å². The van der Waals surface area contributed by atoms with Gasteiger partial charge in [0.1, 0.15) is 17.6 Å². The molecule has 1 aliphatic heterocycles. The highest BCUT2D eigenvalue weighted by Gasteiger charge is 2.43. The number of nitrogens with zero attached hydrogens (tertiary/aromatic N) is 1. The van der Waals surface area contributed by atoms with E-state index in [1.807, 2.05) is 27.7 Å². The Labute approximate surface area is 246 Å². The van der Waals surface area contributed by atoms with Crippen LogP contribution in [0.5, 0.6) is 0 Å². The number of amides is 5. The van der Waals surface area contributed by atoms with Gasteiger partial charge in [-0.25, -0.2) is 4.99 Å². The molecule has 0 unspecified atom stereocenters. The summed E-state index contributed by atoms with van der Waals surface area (Å²) >= 11 is 0. The van der Waals surface area contributed by atoms with E-state index in [0.29, 0.717) is 51.7 Å². The zero-order valence-corrected chi connectivity index (χ0v) is 25.9. The molecule has 1 saturated heterocycles. The number of hydrogen-bond acceptors (Lipinski definition) is 8. The summed E-state index contributed by atoms with van der Waals surface area (Å²) < 4.78 is 5.46. The molecule has 0 aliphatic carbocycles. The van der Waals surface area contributed by atoms with Gasteiger partial charge in [0, 0.05) is 50.4 Å². The molecule has 1 rings (SSSR count). The maximum atomic E-state index is 13.6. The first kappa shape index (κ1) is 35.9. The van der Waals surface area contributed by atoms with E-state index < -0.39 is 35.3 Å². The number of ether oxygens (including phenoxy) is 1. The molecule has 0 aromatic carbocycles. The van der Waals surface area contributed by atoms with Crippen LogP contribution in [-0.2, 0) is 28.7 Å². The van der Waals surface area contributed by atoms with E-state index in [0.717, 1.165) is 17.9 Å². The maximum absolute atomic E-state index is 13.6. The molecule has 0 radical (unpaired) electrons. The second-order valence-electron chi connectivity index (χ2n) is 10.6. The fraction of sp³-hybridized carbons (Fsp3) is 0.778. The number of hydrogen-bond donors (Lipinski definition) is 4. The van der Waals surface area contributed by atoms with Crippen LogP contribution in [0.15, 0.2) is 4.99 Å². The van der Waals surface area contributed by atoms with Crippen molar-refractivity contribution < 1.29 is 28.7 Å². The molecule has 3 atom stereocenters. The Morgan fingerprint density at radius 1 is 1.00 bits per heavy atom. The first-order valence-electron chi connectivity index (χ1n) is 14.0. The maximum Gasteiger partial charge on any atom is 0.267 e. The van der Waals surface area contributed by atoms with E-state index in [-0.39, 0.29) is 30.1 Å². The second kappa shape index (κ2) is 19.1. The lowest BCUT2D eigenvalue weighted by Crippen LogP contribution is -2.64. The van der Waals surface area contributed by atoms with Crippen LogP contribution < -0.4 is 21.7 Å². The third kappa shape index (κ3) is 13.0. The Kier molecular flexibility index (Phi) is 17.1. The van der Waals surface area contributed by atoms with Crippen LogP contribution in [0.1, 0.15) is 79.1 Å². The predicted molar refractivity (Wildman–Crippen MR) is 161 cm³/mol. The SMILES string of the molecule is C=NC(=O)[C@@H](NC(=O)[C@H](CC(C)C)NC(=O)C1(NC(=O)CCCSSCCCC(N)=O)CCOCC1)[C@@H](C)CC. The Morgan fingerprint density at radius 3 is 2.12 bits per heavy atom. The summed E-state index contributed by atoms with van der Waals surface area (Å²) in [6, 6.07) is -1.73. The fourth-order valence-electron chi connectivity index (χ4n) is 4.21. The molecular weight excluding hydrogens is 554 g/mol. The van der Waals surface area contributed by atoms with E-state index >= 15 is 0 Å². The molecule has 1 heterocycles. The number of nitrogens with one attached hydrogen (secondary N) is 3. The Morgan fingerprint density at radius 2 is 1.60 bits per heavy atom. The summed E-state index contributed by atoms with van der Waals surface area (Å²) in [6.45, 7) is 11.6. The van der Waals surface area contributed by atoms with Crippen molar-refractivity contribution in [3.63, 3.8) is 0 Å². The molecule has 5 amide bonds. The van der Waals surface area contributed by atoms with Gasteiger partial charge in [0.2, 0.25) is 23.6 Å². The van der Waals surface area contributed by atoms with E-state index in [1.54, 1.807) is 21.6 Å².